The molecule has 1 saturated heterocycles. The predicted octanol–water partition coefficient (Wildman–Crippen LogP) is 2.44. The van der Waals surface area contributed by atoms with Crippen LogP contribution < -0.4 is 0 Å². The maximum absolute atomic E-state index is 11.3. The van der Waals surface area contributed by atoms with Gasteiger partial charge in [-0.05, 0) is 45.3 Å². The van der Waals surface area contributed by atoms with Crippen LogP contribution in [-0.4, -0.2) is 42.9 Å². The Kier molecular flexibility index (Phi) is 7.05. The van der Waals surface area contributed by atoms with Crippen molar-refractivity contribution in [2.75, 3.05) is 32.1 Å². The van der Waals surface area contributed by atoms with Gasteiger partial charge in [0.15, 0.2) is 0 Å². The zero-order valence-corrected chi connectivity index (χ0v) is 11.7. The Bertz CT molecular complexity index is 203. The number of carbonyl (C=O) groups is 1. The molecular formula is C12H22BrNO2. The van der Waals surface area contributed by atoms with Gasteiger partial charge < -0.3 is 9.64 Å². The number of halogens is 1. The first-order valence-electron chi connectivity index (χ1n) is 6.14. The number of carbonyl (C=O) groups excluding carboxylic acids is 1. The van der Waals surface area contributed by atoms with Gasteiger partial charge in [0, 0.05) is 5.33 Å². The second kappa shape index (κ2) is 8.07. The number of hydrogen-bond donors (Lipinski definition) is 0. The highest BCUT2D eigenvalue weighted by Crippen LogP contribution is 2.18. The van der Waals surface area contributed by atoms with Gasteiger partial charge in [0.1, 0.15) is 0 Å². The summed E-state index contributed by atoms with van der Waals surface area (Å²) in [7, 11) is 1.48. The molecule has 0 aromatic carbocycles. The molecule has 0 amide bonds. The fraction of sp³-hybridized carbons (Fsp3) is 0.917. The Balaban J connectivity index is 2.10. The fourth-order valence-corrected chi connectivity index (χ4v) is 2.56. The maximum atomic E-state index is 11.3. The van der Waals surface area contributed by atoms with Crippen LogP contribution in [0.15, 0.2) is 0 Å². The highest BCUT2D eigenvalue weighted by molar-refractivity contribution is 9.09. The van der Waals surface area contributed by atoms with E-state index in [0.29, 0.717) is 0 Å². The number of unbranched alkanes of at least 4 members (excludes halogenated alkanes) is 2. The lowest BCUT2D eigenvalue weighted by Gasteiger charge is -2.30. The molecule has 4 heteroatoms. The number of hydrogen-bond acceptors (Lipinski definition) is 3. The van der Waals surface area contributed by atoms with Crippen LogP contribution >= 0.6 is 15.9 Å². The zero-order valence-electron chi connectivity index (χ0n) is 10.1. The minimum atomic E-state index is -0.0288. The van der Waals surface area contributed by atoms with Gasteiger partial charge in [0.05, 0.1) is 13.0 Å². The lowest BCUT2D eigenvalue weighted by atomic mass is 9.97. The maximum Gasteiger partial charge on any atom is 0.308 e. The van der Waals surface area contributed by atoms with Crippen LogP contribution in [0.5, 0.6) is 0 Å². The molecule has 1 aliphatic rings. The van der Waals surface area contributed by atoms with Gasteiger partial charge >= 0.3 is 5.97 Å². The van der Waals surface area contributed by atoms with Crippen molar-refractivity contribution in [1.29, 1.82) is 0 Å². The Morgan fingerprint density at radius 1 is 1.31 bits per heavy atom. The van der Waals surface area contributed by atoms with Crippen LogP contribution in [0.1, 0.15) is 32.1 Å². The largest absolute Gasteiger partial charge is 0.469 e. The first kappa shape index (κ1) is 14.0. The van der Waals surface area contributed by atoms with E-state index in [-0.39, 0.29) is 11.9 Å². The van der Waals surface area contributed by atoms with Crippen molar-refractivity contribution in [3.8, 4) is 0 Å². The molecule has 0 spiro atoms. The summed E-state index contributed by atoms with van der Waals surface area (Å²) in [6, 6.07) is 0. The van der Waals surface area contributed by atoms with Crippen LogP contribution in [0.3, 0.4) is 0 Å². The minimum absolute atomic E-state index is 0.0288. The van der Waals surface area contributed by atoms with Gasteiger partial charge in [-0.15, -0.1) is 0 Å². The Morgan fingerprint density at radius 3 is 2.56 bits per heavy atom. The molecule has 1 fully saturated rings. The molecule has 94 valence electrons. The van der Waals surface area contributed by atoms with Crippen LogP contribution in [0.4, 0.5) is 0 Å². The molecule has 0 N–H and O–H groups in total. The van der Waals surface area contributed by atoms with Crippen molar-refractivity contribution in [1.82, 2.24) is 4.90 Å². The summed E-state index contributed by atoms with van der Waals surface area (Å²) in [6.07, 6.45) is 5.76. The van der Waals surface area contributed by atoms with Crippen molar-refractivity contribution in [2.24, 2.45) is 5.92 Å². The summed E-state index contributed by atoms with van der Waals surface area (Å²) in [5.41, 5.74) is 0. The quantitative estimate of drug-likeness (QED) is 0.428. The molecule has 0 atom stereocenters. The third kappa shape index (κ3) is 4.83. The van der Waals surface area contributed by atoms with Gasteiger partial charge in [0.2, 0.25) is 0 Å². The highest BCUT2D eigenvalue weighted by atomic mass is 79.9. The number of nitrogens with zero attached hydrogens (tertiary/aromatic N) is 1. The Morgan fingerprint density at radius 2 is 2.00 bits per heavy atom. The normalized spacial score (nSPS) is 18.6. The van der Waals surface area contributed by atoms with Crippen LogP contribution in [0, 0.1) is 5.92 Å². The predicted molar refractivity (Wildman–Crippen MR) is 68.8 cm³/mol. The van der Waals surface area contributed by atoms with E-state index in [1.165, 1.54) is 32.9 Å². The van der Waals surface area contributed by atoms with Gasteiger partial charge in [-0.1, -0.05) is 22.4 Å². The van der Waals surface area contributed by atoms with Crippen LogP contribution in [-0.2, 0) is 9.53 Å². The number of methoxy groups -OCH3 is 1. The van der Waals surface area contributed by atoms with E-state index in [9.17, 15) is 4.79 Å². The van der Waals surface area contributed by atoms with E-state index < -0.39 is 0 Å². The molecule has 0 aromatic rings. The second-order valence-corrected chi connectivity index (χ2v) is 5.18. The SMILES string of the molecule is COC(=O)C1CCN(CCCCCBr)CC1. The molecule has 1 heterocycles. The first-order chi connectivity index (χ1) is 7.77. The lowest BCUT2D eigenvalue weighted by molar-refractivity contribution is -0.147. The molecule has 0 unspecified atom stereocenters. The average Bonchev–Trinajstić information content (AvgIpc) is 2.34. The van der Waals surface area contributed by atoms with Gasteiger partial charge in [-0.25, -0.2) is 0 Å². The second-order valence-electron chi connectivity index (χ2n) is 4.39. The van der Waals surface area contributed by atoms with Crippen molar-refractivity contribution in [3.63, 3.8) is 0 Å². The molecule has 1 rings (SSSR count). The van der Waals surface area contributed by atoms with E-state index in [0.717, 1.165) is 31.3 Å². The summed E-state index contributed by atoms with van der Waals surface area (Å²) >= 11 is 3.44. The molecular weight excluding hydrogens is 270 g/mol. The van der Waals surface area contributed by atoms with Crippen molar-refractivity contribution in [2.45, 2.75) is 32.1 Å². The van der Waals surface area contributed by atoms with Crippen LogP contribution in [0.25, 0.3) is 0 Å². The molecule has 0 bridgehead atoms. The third-order valence-electron chi connectivity index (χ3n) is 3.23. The van der Waals surface area contributed by atoms with Gasteiger partial charge in [-0.3, -0.25) is 4.79 Å². The standard InChI is InChI=1S/C12H22BrNO2/c1-16-12(15)11-5-9-14(10-6-11)8-4-2-3-7-13/h11H,2-10H2,1H3. The van der Waals surface area contributed by atoms with E-state index >= 15 is 0 Å². The average molecular weight is 292 g/mol. The Hall–Kier alpha value is -0.0900. The topological polar surface area (TPSA) is 29.5 Å². The van der Waals surface area contributed by atoms with E-state index in [1.54, 1.807) is 0 Å². The summed E-state index contributed by atoms with van der Waals surface area (Å²) in [4.78, 5) is 13.8. The summed E-state index contributed by atoms with van der Waals surface area (Å²) in [6.45, 7) is 3.28. The lowest BCUT2D eigenvalue weighted by Crippen LogP contribution is -2.37. The summed E-state index contributed by atoms with van der Waals surface area (Å²) < 4.78 is 4.78. The number of alkyl halides is 1. The van der Waals surface area contributed by atoms with Gasteiger partial charge in [0.25, 0.3) is 0 Å². The number of esters is 1. The Labute approximate surface area is 107 Å². The molecule has 0 saturated carbocycles. The number of likely N-dealkylation sites (tertiary alicyclic amines) is 1. The number of ether oxygens (including phenoxy) is 1. The third-order valence-corrected chi connectivity index (χ3v) is 3.79. The van der Waals surface area contributed by atoms with E-state index in [1.807, 2.05) is 0 Å². The van der Waals surface area contributed by atoms with Crippen molar-refractivity contribution >= 4 is 21.9 Å². The molecule has 0 aromatic heterocycles. The monoisotopic (exact) mass is 291 g/mol. The minimum Gasteiger partial charge on any atom is -0.469 e. The fourth-order valence-electron chi connectivity index (χ4n) is 2.17. The molecule has 1 aliphatic heterocycles. The summed E-state index contributed by atoms with van der Waals surface area (Å²) in [5.74, 6) is 0.114. The van der Waals surface area contributed by atoms with Gasteiger partial charge in [-0.2, -0.15) is 0 Å². The van der Waals surface area contributed by atoms with Crippen molar-refractivity contribution < 1.29 is 9.53 Å². The molecule has 0 radical (unpaired) electrons. The number of piperidine rings is 1. The zero-order chi connectivity index (χ0) is 11.8. The molecule has 0 aliphatic carbocycles. The van der Waals surface area contributed by atoms with Crippen LogP contribution in [0.2, 0.25) is 0 Å². The first-order valence-corrected chi connectivity index (χ1v) is 7.26. The van der Waals surface area contributed by atoms with E-state index in [4.69, 9.17) is 4.74 Å². The smallest absolute Gasteiger partial charge is 0.308 e. The van der Waals surface area contributed by atoms with E-state index in [2.05, 4.69) is 20.8 Å². The molecule has 16 heavy (non-hydrogen) atoms. The number of rotatable bonds is 6. The molecule has 3 nitrogen and oxygen atoms in total. The highest BCUT2D eigenvalue weighted by Gasteiger charge is 2.24. The van der Waals surface area contributed by atoms with Crippen molar-refractivity contribution in [3.05, 3.63) is 0 Å². The summed E-state index contributed by atoms with van der Waals surface area (Å²) in [5, 5.41) is 1.11.